The first-order chi connectivity index (χ1) is 11.2. The van der Waals surface area contributed by atoms with Gasteiger partial charge in [0.1, 0.15) is 0 Å². The molecule has 1 aliphatic heterocycles. The fraction of sp³-hybridized carbons (Fsp3) is 0.882. The Morgan fingerprint density at radius 1 is 1.04 bits per heavy atom. The highest BCUT2D eigenvalue weighted by molar-refractivity contribution is 5.85. The van der Waals surface area contributed by atoms with E-state index in [1.54, 1.807) is 0 Å². The van der Waals surface area contributed by atoms with Gasteiger partial charge >= 0.3 is 0 Å². The van der Waals surface area contributed by atoms with Crippen molar-refractivity contribution in [3.63, 3.8) is 0 Å². The maximum atomic E-state index is 12.4. The van der Waals surface area contributed by atoms with Crippen LogP contribution in [-0.2, 0) is 14.3 Å². The summed E-state index contributed by atoms with van der Waals surface area (Å²) in [6.07, 6.45) is 8.11. The Labute approximate surface area is 151 Å². The summed E-state index contributed by atoms with van der Waals surface area (Å²) >= 11 is 0. The molecule has 7 heteroatoms. The van der Waals surface area contributed by atoms with E-state index in [-0.39, 0.29) is 24.2 Å². The maximum absolute atomic E-state index is 12.4. The molecule has 2 rings (SSSR count). The Kier molecular flexibility index (Phi) is 9.63. The second-order valence-electron chi connectivity index (χ2n) is 6.91. The van der Waals surface area contributed by atoms with Gasteiger partial charge in [0.2, 0.25) is 11.8 Å². The minimum Gasteiger partial charge on any atom is -0.381 e. The predicted molar refractivity (Wildman–Crippen MR) is 96.0 cm³/mol. The SMILES string of the molecule is Cl.NCC1(C(=O)NCCNC(=O)CC2CCCCC2)CCOCC1. The minimum absolute atomic E-state index is 0. The Morgan fingerprint density at radius 3 is 2.29 bits per heavy atom. The summed E-state index contributed by atoms with van der Waals surface area (Å²) in [4.78, 5) is 24.3. The molecule has 0 aromatic heterocycles. The van der Waals surface area contributed by atoms with Crippen molar-refractivity contribution < 1.29 is 14.3 Å². The van der Waals surface area contributed by atoms with Gasteiger partial charge in [-0.2, -0.15) is 0 Å². The number of rotatable bonds is 7. The van der Waals surface area contributed by atoms with Crippen LogP contribution in [0.4, 0.5) is 0 Å². The Hall–Kier alpha value is -0.850. The van der Waals surface area contributed by atoms with E-state index >= 15 is 0 Å². The van der Waals surface area contributed by atoms with E-state index in [1.165, 1.54) is 32.1 Å². The zero-order valence-electron chi connectivity index (χ0n) is 14.5. The molecule has 0 bridgehead atoms. The van der Waals surface area contributed by atoms with E-state index in [9.17, 15) is 9.59 Å². The number of amides is 2. The van der Waals surface area contributed by atoms with Gasteiger partial charge in [-0.1, -0.05) is 19.3 Å². The van der Waals surface area contributed by atoms with Gasteiger partial charge in [0.25, 0.3) is 0 Å². The highest BCUT2D eigenvalue weighted by Crippen LogP contribution is 2.29. The lowest BCUT2D eigenvalue weighted by Gasteiger charge is -2.34. The smallest absolute Gasteiger partial charge is 0.227 e. The normalized spacial score (nSPS) is 20.7. The number of hydrogen-bond acceptors (Lipinski definition) is 4. The molecule has 0 aromatic rings. The van der Waals surface area contributed by atoms with Crippen LogP contribution in [0.25, 0.3) is 0 Å². The van der Waals surface area contributed by atoms with E-state index < -0.39 is 5.41 Å². The largest absolute Gasteiger partial charge is 0.381 e. The van der Waals surface area contributed by atoms with Crippen molar-refractivity contribution in [2.75, 3.05) is 32.8 Å². The molecule has 0 aromatic carbocycles. The van der Waals surface area contributed by atoms with Crippen molar-refractivity contribution in [3.05, 3.63) is 0 Å². The van der Waals surface area contributed by atoms with Crippen LogP contribution in [0.1, 0.15) is 51.4 Å². The first kappa shape index (κ1) is 21.2. The lowest BCUT2D eigenvalue weighted by Crippen LogP contribution is -2.50. The fourth-order valence-corrected chi connectivity index (χ4v) is 3.58. The van der Waals surface area contributed by atoms with Crippen molar-refractivity contribution in [2.24, 2.45) is 17.1 Å². The average molecular weight is 362 g/mol. The summed E-state index contributed by atoms with van der Waals surface area (Å²) < 4.78 is 5.31. The molecule has 1 saturated heterocycles. The van der Waals surface area contributed by atoms with Crippen LogP contribution in [0.15, 0.2) is 0 Å². The van der Waals surface area contributed by atoms with Crippen LogP contribution in [0.5, 0.6) is 0 Å². The fourth-order valence-electron chi connectivity index (χ4n) is 3.58. The molecule has 1 aliphatic carbocycles. The average Bonchev–Trinajstić information content (AvgIpc) is 2.60. The highest BCUT2D eigenvalue weighted by Gasteiger charge is 2.38. The number of halogens is 1. The molecule has 1 saturated carbocycles. The third-order valence-corrected chi connectivity index (χ3v) is 5.25. The van der Waals surface area contributed by atoms with Gasteiger partial charge in [0, 0.05) is 39.3 Å². The zero-order valence-corrected chi connectivity index (χ0v) is 15.3. The molecular formula is C17H32ClN3O3. The van der Waals surface area contributed by atoms with Crippen molar-refractivity contribution in [3.8, 4) is 0 Å². The number of carbonyl (C=O) groups excluding carboxylic acids is 2. The van der Waals surface area contributed by atoms with E-state index in [0.717, 1.165) is 0 Å². The molecule has 1 heterocycles. The van der Waals surface area contributed by atoms with E-state index in [2.05, 4.69) is 10.6 Å². The third-order valence-electron chi connectivity index (χ3n) is 5.25. The highest BCUT2D eigenvalue weighted by atomic mass is 35.5. The molecule has 2 fully saturated rings. The molecule has 24 heavy (non-hydrogen) atoms. The van der Waals surface area contributed by atoms with Crippen LogP contribution >= 0.6 is 12.4 Å². The summed E-state index contributed by atoms with van der Waals surface area (Å²) in [5.74, 6) is 0.636. The van der Waals surface area contributed by atoms with Crippen molar-refractivity contribution in [1.82, 2.24) is 10.6 Å². The number of carbonyl (C=O) groups is 2. The number of nitrogens with one attached hydrogen (secondary N) is 2. The first-order valence-corrected chi connectivity index (χ1v) is 8.99. The van der Waals surface area contributed by atoms with Crippen LogP contribution in [0.3, 0.4) is 0 Å². The molecule has 4 N–H and O–H groups in total. The second-order valence-corrected chi connectivity index (χ2v) is 6.91. The van der Waals surface area contributed by atoms with Gasteiger partial charge in [-0.3, -0.25) is 9.59 Å². The summed E-state index contributed by atoms with van der Waals surface area (Å²) in [6.45, 7) is 2.45. The van der Waals surface area contributed by atoms with Crippen LogP contribution in [0.2, 0.25) is 0 Å². The number of hydrogen-bond donors (Lipinski definition) is 3. The number of nitrogens with two attached hydrogens (primary N) is 1. The molecular weight excluding hydrogens is 330 g/mol. The molecule has 2 amide bonds. The lowest BCUT2D eigenvalue weighted by molar-refractivity contribution is -0.136. The third kappa shape index (κ3) is 6.22. The van der Waals surface area contributed by atoms with E-state index in [0.29, 0.717) is 58.0 Å². The Bertz CT molecular complexity index is 395. The standard InChI is InChI=1S/C17H31N3O3.ClH/c18-13-17(6-10-23-11-7-17)16(22)20-9-8-19-15(21)12-14-4-2-1-3-5-14;/h14H,1-13,18H2,(H,19,21)(H,20,22);1H. The van der Waals surface area contributed by atoms with E-state index in [4.69, 9.17) is 10.5 Å². The van der Waals surface area contributed by atoms with Gasteiger partial charge in [-0.15, -0.1) is 12.4 Å². The summed E-state index contributed by atoms with van der Waals surface area (Å²) in [7, 11) is 0. The topological polar surface area (TPSA) is 93.5 Å². The van der Waals surface area contributed by atoms with E-state index in [1.807, 2.05) is 0 Å². The van der Waals surface area contributed by atoms with Gasteiger partial charge in [-0.05, 0) is 31.6 Å². The molecule has 0 radical (unpaired) electrons. The maximum Gasteiger partial charge on any atom is 0.227 e. The molecule has 2 aliphatic rings. The van der Waals surface area contributed by atoms with Gasteiger partial charge in [-0.25, -0.2) is 0 Å². The predicted octanol–water partition coefficient (Wildman–Crippen LogP) is 1.37. The van der Waals surface area contributed by atoms with Gasteiger partial charge in [0.05, 0.1) is 5.41 Å². The van der Waals surface area contributed by atoms with Crippen LogP contribution in [0, 0.1) is 11.3 Å². The van der Waals surface area contributed by atoms with Gasteiger partial charge in [0.15, 0.2) is 0 Å². The second kappa shape index (κ2) is 10.9. The van der Waals surface area contributed by atoms with Crippen LogP contribution < -0.4 is 16.4 Å². The summed E-state index contributed by atoms with van der Waals surface area (Å²) in [6, 6.07) is 0. The monoisotopic (exact) mass is 361 g/mol. The molecule has 0 spiro atoms. The zero-order chi connectivity index (χ0) is 16.5. The molecule has 0 unspecified atom stereocenters. The Morgan fingerprint density at radius 2 is 1.67 bits per heavy atom. The number of ether oxygens (including phenoxy) is 1. The quantitative estimate of drug-likeness (QED) is 0.597. The lowest BCUT2D eigenvalue weighted by atomic mass is 9.79. The molecule has 6 nitrogen and oxygen atoms in total. The summed E-state index contributed by atoms with van der Waals surface area (Å²) in [5.41, 5.74) is 5.31. The van der Waals surface area contributed by atoms with Crippen molar-refractivity contribution in [1.29, 1.82) is 0 Å². The first-order valence-electron chi connectivity index (χ1n) is 8.99. The van der Waals surface area contributed by atoms with Gasteiger partial charge < -0.3 is 21.1 Å². The van der Waals surface area contributed by atoms with Crippen LogP contribution in [-0.4, -0.2) is 44.7 Å². The Balaban J connectivity index is 0.00000288. The minimum atomic E-state index is -0.496. The summed E-state index contributed by atoms with van der Waals surface area (Å²) in [5, 5.41) is 5.82. The molecule has 140 valence electrons. The molecule has 0 atom stereocenters. The van der Waals surface area contributed by atoms with Crippen molar-refractivity contribution >= 4 is 24.2 Å². The van der Waals surface area contributed by atoms with Crippen molar-refractivity contribution in [2.45, 2.75) is 51.4 Å².